The molecule has 0 aromatic heterocycles. The number of hydrogen-bond acceptors (Lipinski definition) is 4. The molecule has 0 aliphatic rings. The van der Waals surface area contributed by atoms with E-state index in [1.54, 1.807) is 24.3 Å². The van der Waals surface area contributed by atoms with Crippen molar-refractivity contribution in [2.75, 3.05) is 13.2 Å². The summed E-state index contributed by atoms with van der Waals surface area (Å²) < 4.78 is 11.0. The molecular weight excluding hydrogens is 376 g/mol. The molecule has 0 aliphatic carbocycles. The summed E-state index contributed by atoms with van der Waals surface area (Å²) in [5.74, 6) is -0.499. The third-order valence-electron chi connectivity index (χ3n) is 5.44. The Labute approximate surface area is 183 Å². The normalized spacial score (nSPS) is 10.9. The Morgan fingerprint density at radius 1 is 0.700 bits per heavy atom. The lowest BCUT2D eigenvalue weighted by Crippen LogP contribution is -2.18. The van der Waals surface area contributed by atoms with Crippen LogP contribution in [0.5, 0.6) is 0 Å². The average molecular weight is 419 g/mol. The highest BCUT2D eigenvalue weighted by Crippen LogP contribution is 2.17. The SMILES string of the molecule is CCCCCCCCCCOC(=O)c1ccccc1C(=O)OCC(CCC)CCC. The zero-order valence-electron chi connectivity index (χ0n) is 19.4. The summed E-state index contributed by atoms with van der Waals surface area (Å²) in [5, 5.41) is 0. The molecule has 1 aromatic rings. The van der Waals surface area contributed by atoms with E-state index in [0.29, 0.717) is 30.3 Å². The van der Waals surface area contributed by atoms with Crippen molar-refractivity contribution in [2.45, 2.75) is 97.8 Å². The lowest BCUT2D eigenvalue weighted by molar-refractivity contribution is 0.0402. The molecule has 0 saturated heterocycles. The van der Waals surface area contributed by atoms with Gasteiger partial charge in [0.05, 0.1) is 24.3 Å². The molecule has 4 nitrogen and oxygen atoms in total. The fourth-order valence-electron chi connectivity index (χ4n) is 3.72. The largest absolute Gasteiger partial charge is 0.462 e. The Morgan fingerprint density at radius 3 is 1.73 bits per heavy atom. The Balaban J connectivity index is 2.43. The predicted octanol–water partition coefficient (Wildman–Crippen LogP) is 7.36. The van der Waals surface area contributed by atoms with E-state index in [2.05, 4.69) is 20.8 Å². The van der Waals surface area contributed by atoms with Crippen molar-refractivity contribution in [3.8, 4) is 0 Å². The van der Waals surface area contributed by atoms with Gasteiger partial charge in [-0.2, -0.15) is 0 Å². The predicted molar refractivity (Wildman–Crippen MR) is 123 cm³/mol. The van der Waals surface area contributed by atoms with Gasteiger partial charge in [0.25, 0.3) is 0 Å². The van der Waals surface area contributed by atoms with Crippen LogP contribution in [-0.4, -0.2) is 25.2 Å². The first-order valence-corrected chi connectivity index (χ1v) is 12.1. The van der Waals surface area contributed by atoms with Crippen LogP contribution in [0.1, 0.15) is 119 Å². The molecule has 0 radical (unpaired) electrons. The topological polar surface area (TPSA) is 52.6 Å². The van der Waals surface area contributed by atoms with Crippen LogP contribution in [0.25, 0.3) is 0 Å². The molecular formula is C26H42O4. The second-order valence-corrected chi connectivity index (χ2v) is 8.20. The summed E-state index contributed by atoms with van der Waals surface area (Å²) in [4.78, 5) is 25.1. The monoisotopic (exact) mass is 418 g/mol. The van der Waals surface area contributed by atoms with Gasteiger partial charge in [-0.25, -0.2) is 9.59 Å². The van der Waals surface area contributed by atoms with E-state index in [9.17, 15) is 9.59 Å². The van der Waals surface area contributed by atoms with Gasteiger partial charge in [0.15, 0.2) is 0 Å². The molecule has 4 heteroatoms. The molecule has 0 bridgehead atoms. The molecule has 0 heterocycles. The van der Waals surface area contributed by atoms with Crippen molar-refractivity contribution < 1.29 is 19.1 Å². The van der Waals surface area contributed by atoms with Crippen molar-refractivity contribution in [3.05, 3.63) is 35.4 Å². The molecule has 0 N–H and O–H groups in total. The van der Waals surface area contributed by atoms with Gasteiger partial charge in [-0.15, -0.1) is 0 Å². The summed E-state index contributed by atoms with van der Waals surface area (Å²) in [6.07, 6.45) is 13.8. The highest BCUT2D eigenvalue weighted by molar-refractivity contribution is 6.03. The lowest BCUT2D eigenvalue weighted by Gasteiger charge is -2.16. The quantitative estimate of drug-likeness (QED) is 0.196. The van der Waals surface area contributed by atoms with Crippen LogP contribution in [0.2, 0.25) is 0 Å². The maximum atomic E-state index is 12.6. The fraction of sp³-hybridized carbons (Fsp3) is 0.692. The molecule has 0 unspecified atom stereocenters. The minimum absolute atomic E-state index is 0.296. The Kier molecular flexibility index (Phi) is 14.8. The molecule has 170 valence electrons. The maximum absolute atomic E-state index is 12.6. The van der Waals surface area contributed by atoms with Crippen molar-refractivity contribution in [1.29, 1.82) is 0 Å². The van der Waals surface area contributed by atoms with Gasteiger partial charge in [0.1, 0.15) is 0 Å². The Hall–Kier alpha value is -1.84. The Morgan fingerprint density at radius 2 is 1.20 bits per heavy atom. The first-order valence-electron chi connectivity index (χ1n) is 12.1. The smallest absolute Gasteiger partial charge is 0.339 e. The van der Waals surface area contributed by atoms with E-state index >= 15 is 0 Å². The van der Waals surface area contributed by atoms with E-state index in [1.807, 2.05) is 0 Å². The van der Waals surface area contributed by atoms with Crippen LogP contribution in [-0.2, 0) is 9.47 Å². The Bertz CT molecular complexity index is 590. The van der Waals surface area contributed by atoms with E-state index in [4.69, 9.17) is 9.47 Å². The molecule has 1 rings (SSSR count). The number of benzene rings is 1. The molecule has 0 amide bonds. The van der Waals surface area contributed by atoms with Crippen LogP contribution in [0, 0.1) is 5.92 Å². The number of rotatable bonds is 17. The molecule has 0 spiro atoms. The summed E-state index contributed by atoms with van der Waals surface area (Å²) in [7, 11) is 0. The minimum atomic E-state index is -0.441. The minimum Gasteiger partial charge on any atom is -0.462 e. The van der Waals surface area contributed by atoms with Gasteiger partial charge in [0, 0.05) is 0 Å². The van der Waals surface area contributed by atoms with Crippen LogP contribution < -0.4 is 0 Å². The van der Waals surface area contributed by atoms with E-state index in [0.717, 1.165) is 38.5 Å². The van der Waals surface area contributed by atoms with Gasteiger partial charge >= 0.3 is 11.9 Å². The average Bonchev–Trinajstić information content (AvgIpc) is 2.76. The lowest BCUT2D eigenvalue weighted by atomic mass is 9.99. The molecule has 0 saturated carbocycles. The van der Waals surface area contributed by atoms with E-state index in [-0.39, 0.29) is 0 Å². The van der Waals surface area contributed by atoms with E-state index < -0.39 is 11.9 Å². The standard InChI is InChI=1S/C26H42O4/c1-4-7-8-9-10-11-12-15-20-29-25(27)23-18-13-14-19-24(23)26(28)30-21-22(16-5-2)17-6-3/h13-14,18-19,22H,4-12,15-17,20-21H2,1-3H3. The molecule has 1 aromatic carbocycles. The maximum Gasteiger partial charge on any atom is 0.339 e. The number of unbranched alkanes of at least 4 members (excludes halogenated alkanes) is 7. The summed E-state index contributed by atoms with van der Waals surface area (Å²) in [6.45, 7) is 7.31. The van der Waals surface area contributed by atoms with Crippen molar-refractivity contribution in [2.24, 2.45) is 5.92 Å². The first kappa shape index (κ1) is 26.2. The number of carbonyl (C=O) groups excluding carboxylic acids is 2. The van der Waals surface area contributed by atoms with E-state index in [1.165, 1.54) is 38.5 Å². The van der Waals surface area contributed by atoms with Crippen LogP contribution in [0.15, 0.2) is 24.3 Å². The van der Waals surface area contributed by atoms with Gasteiger partial charge in [-0.1, -0.05) is 90.7 Å². The highest BCUT2D eigenvalue weighted by atomic mass is 16.5. The zero-order chi connectivity index (χ0) is 22.0. The number of esters is 2. The summed E-state index contributed by atoms with van der Waals surface area (Å²) >= 11 is 0. The number of ether oxygens (including phenoxy) is 2. The molecule has 30 heavy (non-hydrogen) atoms. The summed E-state index contributed by atoms with van der Waals surface area (Å²) in [5.41, 5.74) is 0.592. The third-order valence-corrected chi connectivity index (χ3v) is 5.44. The van der Waals surface area contributed by atoms with Crippen molar-refractivity contribution in [1.82, 2.24) is 0 Å². The molecule has 0 atom stereocenters. The molecule has 0 fully saturated rings. The van der Waals surface area contributed by atoms with Crippen LogP contribution in [0.4, 0.5) is 0 Å². The number of carbonyl (C=O) groups is 2. The second kappa shape index (κ2) is 16.9. The second-order valence-electron chi connectivity index (χ2n) is 8.20. The molecule has 0 aliphatic heterocycles. The number of hydrogen-bond donors (Lipinski definition) is 0. The van der Waals surface area contributed by atoms with Gasteiger partial charge in [0.2, 0.25) is 0 Å². The first-order chi connectivity index (χ1) is 14.6. The van der Waals surface area contributed by atoms with Gasteiger partial charge in [-0.3, -0.25) is 0 Å². The van der Waals surface area contributed by atoms with Crippen LogP contribution in [0.3, 0.4) is 0 Å². The third kappa shape index (κ3) is 10.8. The zero-order valence-corrected chi connectivity index (χ0v) is 19.4. The van der Waals surface area contributed by atoms with Crippen molar-refractivity contribution in [3.63, 3.8) is 0 Å². The van der Waals surface area contributed by atoms with Crippen molar-refractivity contribution >= 4 is 11.9 Å². The highest BCUT2D eigenvalue weighted by Gasteiger charge is 2.20. The van der Waals surface area contributed by atoms with Gasteiger partial charge < -0.3 is 9.47 Å². The van der Waals surface area contributed by atoms with Gasteiger partial charge in [-0.05, 0) is 37.3 Å². The summed E-state index contributed by atoms with van der Waals surface area (Å²) in [6, 6.07) is 6.79. The van der Waals surface area contributed by atoms with Crippen LogP contribution >= 0.6 is 0 Å². The fourth-order valence-corrected chi connectivity index (χ4v) is 3.72.